The number of thioether (sulfide) groups is 1. The normalized spacial score (nSPS) is 10.3. The van der Waals surface area contributed by atoms with Gasteiger partial charge in [-0.25, -0.2) is 4.39 Å². The number of hydrogen-bond donors (Lipinski definition) is 1. The Morgan fingerprint density at radius 2 is 2.20 bits per heavy atom. The van der Waals surface area contributed by atoms with Crippen molar-refractivity contribution in [2.24, 2.45) is 5.73 Å². The van der Waals surface area contributed by atoms with Crippen LogP contribution in [0.15, 0.2) is 18.2 Å². The molecule has 0 saturated carbocycles. The van der Waals surface area contributed by atoms with Crippen LogP contribution in [-0.4, -0.2) is 24.7 Å². The summed E-state index contributed by atoms with van der Waals surface area (Å²) >= 11 is 7.49. The van der Waals surface area contributed by atoms with Gasteiger partial charge >= 0.3 is 0 Å². The molecule has 0 unspecified atom stereocenters. The van der Waals surface area contributed by atoms with E-state index in [-0.39, 0.29) is 5.82 Å². The Bertz CT molecular complexity index is 311. The molecule has 5 heteroatoms. The van der Waals surface area contributed by atoms with E-state index in [0.29, 0.717) is 23.9 Å². The second kappa shape index (κ2) is 6.93. The quantitative estimate of drug-likeness (QED) is 0.787. The van der Waals surface area contributed by atoms with Crippen molar-refractivity contribution in [3.8, 4) is 5.75 Å². The zero-order valence-corrected chi connectivity index (χ0v) is 9.78. The van der Waals surface area contributed by atoms with Gasteiger partial charge in [0, 0.05) is 18.1 Å². The number of ether oxygens (including phenoxy) is 1. The summed E-state index contributed by atoms with van der Waals surface area (Å²) in [4.78, 5) is 0. The Hall–Kier alpha value is -0.450. The minimum Gasteiger partial charge on any atom is -0.491 e. The minimum atomic E-state index is -0.357. The van der Waals surface area contributed by atoms with E-state index in [0.717, 1.165) is 11.5 Å². The molecule has 2 N–H and O–H groups in total. The van der Waals surface area contributed by atoms with E-state index in [4.69, 9.17) is 22.1 Å². The fraction of sp³-hybridized carbons (Fsp3) is 0.400. The number of halogens is 2. The van der Waals surface area contributed by atoms with Gasteiger partial charge in [0.2, 0.25) is 0 Å². The van der Waals surface area contributed by atoms with Crippen LogP contribution in [0.5, 0.6) is 5.75 Å². The van der Waals surface area contributed by atoms with Gasteiger partial charge in [0.15, 0.2) is 0 Å². The topological polar surface area (TPSA) is 35.2 Å². The van der Waals surface area contributed by atoms with E-state index in [1.807, 2.05) is 0 Å². The molecule has 0 aromatic heterocycles. The highest BCUT2D eigenvalue weighted by atomic mass is 35.5. The number of hydrogen-bond acceptors (Lipinski definition) is 3. The van der Waals surface area contributed by atoms with Crippen molar-refractivity contribution in [2.75, 3.05) is 24.7 Å². The van der Waals surface area contributed by atoms with Crippen LogP contribution in [0.25, 0.3) is 0 Å². The summed E-state index contributed by atoms with van der Waals surface area (Å²) in [6, 6.07) is 4.10. The third-order valence-corrected chi connectivity index (χ3v) is 2.92. The van der Waals surface area contributed by atoms with Gasteiger partial charge < -0.3 is 10.5 Å². The molecule has 0 heterocycles. The molecule has 2 nitrogen and oxygen atoms in total. The molecule has 0 radical (unpaired) electrons. The van der Waals surface area contributed by atoms with Crippen molar-refractivity contribution in [3.05, 3.63) is 29.0 Å². The molecular formula is C10H13ClFNOS. The molecule has 1 aromatic carbocycles. The molecule has 0 atom stereocenters. The fourth-order valence-corrected chi connectivity index (χ4v) is 1.78. The largest absolute Gasteiger partial charge is 0.491 e. The predicted octanol–water partition coefficient (Wildman–Crippen LogP) is 2.55. The lowest BCUT2D eigenvalue weighted by molar-refractivity contribution is 0.343. The van der Waals surface area contributed by atoms with E-state index in [1.165, 1.54) is 18.2 Å². The Morgan fingerprint density at radius 1 is 1.40 bits per heavy atom. The van der Waals surface area contributed by atoms with E-state index < -0.39 is 0 Å². The van der Waals surface area contributed by atoms with Crippen LogP contribution in [0.2, 0.25) is 5.02 Å². The summed E-state index contributed by atoms with van der Waals surface area (Å²) in [5.74, 6) is 1.93. The molecule has 1 rings (SSSR count). The zero-order chi connectivity index (χ0) is 11.1. The van der Waals surface area contributed by atoms with Crippen molar-refractivity contribution in [1.29, 1.82) is 0 Å². The van der Waals surface area contributed by atoms with E-state index in [2.05, 4.69) is 0 Å². The summed E-state index contributed by atoms with van der Waals surface area (Å²) in [6.45, 7) is 1.22. The summed E-state index contributed by atoms with van der Waals surface area (Å²) < 4.78 is 18.1. The van der Waals surface area contributed by atoms with Crippen LogP contribution in [-0.2, 0) is 0 Å². The zero-order valence-electron chi connectivity index (χ0n) is 8.21. The van der Waals surface area contributed by atoms with Crippen molar-refractivity contribution in [1.82, 2.24) is 0 Å². The number of benzene rings is 1. The van der Waals surface area contributed by atoms with Gasteiger partial charge in [-0.2, -0.15) is 11.8 Å². The average Bonchev–Trinajstić information content (AvgIpc) is 2.20. The van der Waals surface area contributed by atoms with Gasteiger partial charge in [0.25, 0.3) is 0 Å². The van der Waals surface area contributed by atoms with Gasteiger partial charge in [-0.3, -0.25) is 0 Å². The van der Waals surface area contributed by atoms with Crippen LogP contribution in [0, 0.1) is 5.82 Å². The second-order valence-electron chi connectivity index (χ2n) is 2.82. The standard InChI is InChI=1S/C10H13ClFNOS/c11-9-7-8(12)1-2-10(9)14-4-6-15-5-3-13/h1-2,7H,3-6,13H2. The van der Waals surface area contributed by atoms with Crippen LogP contribution >= 0.6 is 23.4 Å². The SMILES string of the molecule is NCCSCCOc1ccc(F)cc1Cl. The van der Waals surface area contributed by atoms with E-state index >= 15 is 0 Å². The third kappa shape index (κ3) is 4.73. The third-order valence-electron chi connectivity index (χ3n) is 1.64. The summed E-state index contributed by atoms with van der Waals surface area (Å²) in [5.41, 5.74) is 5.34. The van der Waals surface area contributed by atoms with Gasteiger partial charge in [-0.15, -0.1) is 0 Å². The highest BCUT2D eigenvalue weighted by molar-refractivity contribution is 7.99. The Kier molecular flexibility index (Phi) is 5.83. The molecule has 0 bridgehead atoms. The van der Waals surface area contributed by atoms with Gasteiger partial charge in [0.05, 0.1) is 11.6 Å². The second-order valence-corrected chi connectivity index (χ2v) is 4.46. The lowest BCUT2D eigenvalue weighted by Crippen LogP contribution is -2.05. The van der Waals surface area contributed by atoms with Crippen LogP contribution < -0.4 is 10.5 Å². The van der Waals surface area contributed by atoms with Crippen molar-refractivity contribution >= 4 is 23.4 Å². The van der Waals surface area contributed by atoms with Crippen molar-refractivity contribution in [3.63, 3.8) is 0 Å². The maximum Gasteiger partial charge on any atom is 0.138 e. The van der Waals surface area contributed by atoms with Crippen molar-refractivity contribution in [2.45, 2.75) is 0 Å². The maximum absolute atomic E-state index is 12.7. The fourth-order valence-electron chi connectivity index (χ4n) is 0.988. The van der Waals surface area contributed by atoms with E-state index in [1.54, 1.807) is 11.8 Å². The summed E-state index contributed by atoms with van der Waals surface area (Å²) in [5, 5.41) is 0.304. The first-order chi connectivity index (χ1) is 7.24. The molecule has 0 aliphatic heterocycles. The molecule has 0 aliphatic carbocycles. The Balaban J connectivity index is 2.31. The maximum atomic E-state index is 12.7. The average molecular weight is 250 g/mol. The molecule has 1 aromatic rings. The predicted molar refractivity (Wildman–Crippen MR) is 63.3 cm³/mol. The lowest BCUT2D eigenvalue weighted by Gasteiger charge is -2.07. The number of rotatable bonds is 6. The first-order valence-electron chi connectivity index (χ1n) is 4.59. The Morgan fingerprint density at radius 3 is 2.87 bits per heavy atom. The van der Waals surface area contributed by atoms with Gasteiger partial charge in [-0.1, -0.05) is 11.6 Å². The molecule has 0 fully saturated rings. The molecule has 15 heavy (non-hydrogen) atoms. The Labute approximate surface area is 97.9 Å². The molecular weight excluding hydrogens is 237 g/mol. The first kappa shape index (κ1) is 12.6. The minimum absolute atomic E-state index is 0.304. The van der Waals surface area contributed by atoms with E-state index in [9.17, 15) is 4.39 Å². The first-order valence-corrected chi connectivity index (χ1v) is 6.13. The van der Waals surface area contributed by atoms with Gasteiger partial charge in [0.1, 0.15) is 11.6 Å². The highest BCUT2D eigenvalue weighted by Gasteiger charge is 2.02. The van der Waals surface area contributed by atoms with Crippen LogP contribution in [0.3, 0.4) is 0 Å². The lowest BCUT2D eigenvalue weighted by atomic mass is 10.3. The number of nitrogens with two attached hydrogens (primary N) is 1. The monoisotopic (exact) mass is 249 g/mol. The molecule has 0 amide bonds. The van der Waals surface area contributed by atoms with Crippen LogP contribution in [0.4, 0.5) is 4.39 Å². The van der Waals surface area contributed by atoms with Crippen LogP contribution in [0.1, 0.15) is 0 Å². The smallest absolute Gasteiger partial charge is 0.138 e. The summed E-state index contributed by atoms with van der Waals surface area (Å²) in [7, 11) is 0. The molecule has 0 aliphatic rings. The molecule has 84 valence electrons. The molecule has 0 spiro atoms. The molecule has 0 saturated heterocycles. The highest BCUT2D eigenvalue weighted by Crippen LogP contribution is 2.24. The van der Waals surface area contributed by atoms with Crippen molar-refractivity contribution < 1.29 is 9.13 Å². The summed E-state index contributed by atoms with van der Waals surface area (Å²) in [6.07, 6.45) is 0. The van der Waals surface area contributed by atoms with Gasteiger partial charge in [-0.05, 0) is 18.2 Å².